The average Bonchev–Trinajstić information content (AvgIpc) is 2.17. The maximum atomic E-state index is 12.3. The van der Waals surface area contributed by atoms with Crippen LogP contribution < -0.4 is 11.7 Å². The second kappa shape index (κ2) is 4.30. The molecule has 0 aliphatic carbocycles. The zero-order valence-electron chi connectivity index (χ0n) is 8.47. The van der Waals surface area contributed by atoms with Crippen LogP contribution in [0.4, 0.5) is 13.2 Å². The lowest BCUT2D eigenvalue weighted by Crippen LogP contribution is -2.19. The van der Waals surface area contributed by atoms with E-state index in [1.54, 1.807) is 4.98 Å². The number of pyridine rings is 1. The van der Waals surface area contributed by atoms with E-state index < -0.39 is 17.6 Å². The SMILES string of the molecule is O=c1[nH]c(C(F)(F)F)nc2ncc(Cl)cc12.[NH4+]. The fourth-order valence-electron chi connectivity index (χ4n) is 1.13. The summed E-state index contributed by atoms with van der Waals surface area (Å²) in [4.78, 5) is 19.7. The molecule has 0 aromatic carbocycles. The van der Waals surface area contributed by atoms with Gasteiger partial charge in [0.1, 0.15) is 0 Å². The second-order valence-electron chi connectivity index (χ2n) is 2.94. The minimum Gasteiger partial charge on any atom is -0.369 e. The van der Waals surface area contributed by atoms with Crippen molar-refractivity contribution in [2.24, 2.45) is 0 Å². The fraction of sp³-hybridized carbons (Fsp3) is 0.125. The number of nitrogens with zero attached hydrogens (tertiary/aromatic N) is 2. The van der Waals surface area contributed by atoms with E-state index in [4.69, 9.17) is 11.6 Å². The van der Waals surface area contributed by atoms with Gasteiger partial charge in [-0.2, -0.15) is 13.2 Å². The van der Waals surface area contributed by atoms with Crippen molar-refractivity contribution in [1.82, 2.24) is 21.1 Å². The van der Waals surface area contributed by atoms with E-state index in [9.17, 15) is 18.0 Å². The Morgan fingerprint density at radius 2 is 2.00 bits per heavy atom. The molecule has 5 nitrogen and oxygen atoms in total. The molecule has 9 heteroatoms. The van der Waals surface area contributed by atoms with Gasteiger partial charge in [0.15, 0.2) is 5.65 Å². The standard InChI is InChI=1S/C8H3ClF3N3O.H3N/c9-3-1-4-5(13-2-3)14-7(8(10,11)12)15-6(4)16;/h1-2H,(H,13,14,15,16);1H3/p+1. The minimum atomic E-state index is -4.71. The number of H-pyrrole nitrogens is 1. The van der Waals surface area contributed by atoms with Gasteiger partial charge in [-0.3, -0.25) is 4.79 Å². The third kappa shape index (κ3) is 2.53. The Morgan fingerprint density at radius 3 is 2.59 bits per heavy atom. The van der Waals surface area contributed by atoms with Crippen LogP contribution in [-0.2, 0) is 6.18 Å². The first-order valence-corrected chi connectivity index (χ1v) is 4.38. The molecule has 0 atom stereocenters. The van der Waals surface area contributed by atoms with Gasteiger partial charge in [-0.1, -0.05) is 11.6 Å². The summed E-state index contributed by atoms with van der Waals surface area (Å²) in [5.74, 6) is -1.38. The molecule has 17 heavy (non-hydrogen) atoms. The monoisotopic (exact) mass is 267 g/mol. The van der Waals surface area contributed by atoms with Crippen molar-refractivity contribution in [1.29, 1.82) is 0 Å². The molecule has 2 rings (SSSR count). The number of nitrogens with one attached hydrogen (secondary N) is 1. The van der Waals surface area contributed by atoms with Gasteiger partial charge in [-0.05, 0) is 6.07 Å². The molecule has 0 bridgehead atoms. The van der Waals surface area contributed by atoms with Gasteiger partial charge >= 0.3 is 6.18 Å². The number of alkyl halides is 3. The summed E-state index contributed by atoms with van der Waals surface area (Å²) in [7, 11) is 0. The predicted molar refractivity (Wildman–Crippen MR) is 56.2 cm³/mol. The number of aromatic nitrogens is 3. The molecule has 0 saturated heterocycles. The third-order valence-corrected chi connectivity index (χ3v) is 2.00. The maximum absolute atomic E-state index is 12.3. The molecule has 2 aromatic heterocycles. The Morgan fingerprint density at radius 1 is 1.35 bits per heavy atom. The number of hydrogen-bond donors (Lipinski definition) is 2. The molecule has 0 spiro atoms. The highest BCUT2D eigenvalue weighted by Gasteiger charge is 2.34. The normalized spacial score (nSPS) is 11.3. The van der Waals surface area contributed by atoms with Gasteiger partial charge in [-0.25, -0.2) is 9.97 Å². The van der Waals surface area contributed by atoms with Gasteiger partial charge in [0.05, 0.1) is 10.4 Å². The van der Waals surface area contributed by atoms with E-state index >= 15 is 0 Å². The molecule has 2 aromatic rings. The third-order valence-electron chi connectivity index (χ3n) is 1.80. The zero-order chi connectivity index (χ0) is 11.9. The van der Waals surface area contributed by atoms with Crippen molar-refractivity contribution in [3.05, 3.63) is 33.5 Å². The van der Waals surface area contributed by atoms with Gasteiger partial charge in [-0.15, -0.1) is 0 Å². The van der Waals surface area contributed by atoms with Gasteiger partial charge in [0.2, 0.25) is 5.82 Å². The summed E-state index contributed by atoms with van der Waals surface area (Å²) < 4.78 is 36.9. The Bertz CT molecular complexity index is 610. The molecule has 0 radical (unpaired) electrons. The lowest BCUT2D eigenvalue weighted by atomic mass is 10.3. The van der Waals surface area contributed by atoms with E-state index in [0.29, 0.717) is 0 Å². The van der Waals surface area contributed by atoms with Gasteiger partial charge < -0.3 is 11.1 Å². The molecular formula is C8H7ClF3N4O+. The van der Waals surface area contributed by atoms with Gasteiger partial charge in [0, 0.05) is 6.20 Å². The van der Waals surface area contributed by atoms with E-state index in [2.05, 4.69) is 9.97 Å². The molecule has 0 aliphatic heterocycles. The smallest absolute Gasteiger partial charge is 0.369 e. The van der Waals surface area contributed by atoms with E-state index in [1.165, 1.54) is 6.07 Å². The van der Waals surface area contributed by atoms with Crippen molar-refractivity contribution in [3.8, 4) is 0 Å². The van der Waals surface area contributed by atoms with Crippen molar-refractivity contribution in [2.75, 3.05) is 0 Å². The molecule has 0 unspecified atom stereocenters. The summed E-state index contributed by atoms with van der Waals surface area (Å²) >= 11 is 5.56. The summed E-state index contributed by atoms with van der Waals surface area (Å²) in [6.07, 6.45) is -3.59. The summed E-state index contributed by atoms with van der Waals surface area (Å²) in [5.41, 5.74) is -1.21. The van der Waals surface area contributed by atoms with Crippen LogP contribution in [0.15, 0.2) is 17.1 Å². The average molecular weight is 268 g/mol. The Kier molecular flexibility index (Phi) is 3.39. The molecule has 0 aliphatic rings. The number of fused-ring (bicyclic) bond motifs is 1. The van der Waals surface area contributed by atoms with E-state index in [0.717, 1.165) is 6.20 Å². The number of aromatic amines is 1. The quantitative estimate of drug-likeness (QED) is 0.767. The van der Waals surface area contributed by atoms with Crippen LogP contribution in [0.3, 0.4) is 0 Å². The minimum absolute atomic E-state index is 0. The number of halogens is 4. The van der Waals surface area contributed by atoms with E-state index in [1.807, 2.05) is 0 Å². The van der Waals surface area contributed by atoms with Crippen LogP contribution in [0, 0.1) is 0 Å². The number of quaternary nitrogens is 1. The van der Waals surface area contributed by atoms with Crippen LogP contribution in [0.25, 0.3) is 11.0 Å². The summed E-state index contributed by atoms with van der Waals surface area (Å²) in [6.45, 7) is 0. The van der Waals surface area contributed by atoms with Crippen LogP contribution in [-0.4, -0.2) is 15.0 Å². The first-order valence-electron chi connectivity index (χ1n) is 4.01. The van der Waals surface area contributed by atoms with Crippen LogP contribution in [0.5, 0.6) is 0 Å². The highest BCUT2D eigenvalue weighted by Crippen LogP contribution is 2.25. The van der Waals surface area contributed by atoms with Crippen molar-refractivity contribution in [2.45, 2.75) is 6.18 Å². The first-order chi connectivity index (χ1) is 7.38. The Balaban J connectivity index is 0.00000144. The van der Waals surface area contributed by atoms with Crippen LogP contribution in [0.1, 0.15) is 5.82 Å². The first kappa shape index (κ1) is 13.4. The molecule has 0 saturated carbocycles. The fourth-order valence-corrected chi connectivity index (χ4v) is 1.29. The largest absolute Gasteiger partial charge is 0.449 e. The lowest BCUT2D eigenvalue weighted by molar-refractivity contribution is -0.144. The molecule has 2 heterocycles. The summed E-state index contributed by atoms with van der Waals surface area (Å²) in [5, 5.41) is 0.0695. The molecule has 0 amide bonds. The summed E-state index contributed by atoms with van der Waals surface area (Å²) in [6, 6.07) is 1.20. The van der Waals surface area contributed by atoms with Crippen molar-refractivity contribution >= 4 is 22.6 Å². The van der Waals surface area contributed by atoms with Crippen molar-refractivity contribution < 1.29 is 13.2 Å². The molecule has 92 valence electrons. The number of hydrogen-bond acceptors (Lipinski definition) is 3. The van der Waals surface area contributed by atoms with Gasteiger partial charge in [0.25, 0.3) is 5.56 Å². The van der Waals surface area contributed by atoms with Crippen LogP contribution in [0.2, 0.25) is 5.02 Å². The Hall–Kier alpha value is -1.67. The van der Waals surface area contributed by atoms with Crippen LogP contribution >= 0.6 is 11.6 Å². The lowest BCUT2D eigenvalue weighted by Gasteiger charge is -2.05. The zero-order valence-corrected chi connectivity index (χ0v) is 9.23. The highest BCUT2D eigenvalue weighted by molar-refractivity contribution is 6.31. The Labute approximate surface area is 97.2 Å². The molecular weight excluding hydrogens is 261 g/mol. The van der Waals surface area contributed by atoms with E-state index in [-0.39, 0.29) is 22.2 Å². The molecule has 0 fully saturated rings. The predicted octanol–water partition coefficient (Wildman–Crippen LogP) is 2.37. The van der Waals surface area contributed by atoms with Crippen molar-refractivity contribution in [3.63, 3.8) is 0 Å². The number of rotatable bonds is 0. The molecule has 5 N–H and O–H groups in total. The maximum Gasteiger partial charge on any atom is 0.449 e. The second-order valence-corrected chi connectivity index (χ2v) is 3.37. The highest BCUT2D eigenvalue weighted by atomic mass is 35.5. The topological polar surface area (TPSA) is 95.1 Å².